The van der Waals surface area contributed by atoms with Crippen LogP contribution in [0.25, 0.3) is 0 Å². The van der Waals surface area contributed by atoms with Crippen molar-refractivity contribution in [3.63, 3.8) is 0 Å². The average molecular weight is 242 g/mol. The number of nitrogens with zero attached hydrogens (tertiary/aromatic N) is 1. The van der Waals surface area contributed by atoms with Gasteiger partial charge < -0.3 is 15.0 Å². The average Bonchev–Trinajstić information content (AvgIpc) is 2.63. The number of nitrogens with one attached hydrogen (secondary N) is 1. The van der Waals surface area contributed by atoms with E-state index in [2.05, 4.69) is 45.0 Å². The van der Waals surface area contributed by atoms with Gasteiger partial charge in [0.1, 0.15) is 0 Å². The van der Waals surface area contributed by atoms with Crippen LogP contribution < -0.4 is 5.32 Å². The van der Waals surface area contributed by atoms with Crippen molar-refractivity contribution in [2.75, 3.05) is 33.3 Å². The van der Waals surface area contributed by atoms with Crippen molar-refractivity contribution < 1.29 is 4.74 Å². The third-order valence-electron chi connectivity index (χ3n) is 3.55. The highest BCUT2D eigenvalue weighted by Crippen LogP contribution is 2.18. The van der Waals surface area contributed by atoms with Crippen LogP contribution in [-0.4, -0.2) is 50.3 Å². The summed E-state index contributed by atoms with van der Waals surface area (Å²) in [6, 6.07) is 0.613. The van der Waals surface area contributed by atoms with E-state index in [4.69, 9.17) is 4.74 Å². The predicted octanol–water partition coefficient (Wildman–Crippen LogP) is 1.98. The van der Waals surface area contributed by atoms with E-state index in [-0.39, 0.29) is 0 Å². The van der Waals surface area contributed by atoms with E-state index in [1.54, 1.807) is 0 Å². The SMILES string of the molecule is CC(C)CNCC(C)CN(C)C1CCOC1C. The molecule has 0 saturated carbocycles. The molecule has 3 heteroatoms. The van der Waals surface area contributed by atoms with Crippen molar-refractivity contribution in [3.05, 3.63) is 0 Å². The second-order valence-corrected chi connectivity index (χ2v) is 6.03. The zero-order valence-corrected chi connectivity index (χ0v) is 12.2. The van der Waals surface area contributed by atoms with Gasteiger partial charge in [-0.2, -0.15) is 0 Å². The van der Waals surface area contributed by atoms with Crippen LogP contribution in [0.3, 0.4) is 0 Å². The van der Waals surface area contributed by atoms with E-state index in [1.165, 1.54) is 6.42 Å². The molecule has 3 atom stereocenters. The van der Waals surface area contributed by atoms with Gasteiger partial charge in [0, 0.05) is 19.2 Å². The minimum atomic E-state index is 0.399. The monoisotopic (exact) mass is 242 g/mol. The second kappa shape index (κ2) is 7.34. The van der Waals surface area contributed by atoms with E-state index < -0.39 is 0 Å². The fourth-order valence-corrected chi connectivity index (χ4v) is 2.61. The summed E-state index contributed by atoms with van der Waals surface area (Å²) in [4.78, 5) is 2.47. The second-order valence-electron chi connectivity index (χ2n) is 6.03. The van der Waals surface area contributed by atoms with Gasteiger partial charge in [-0.25, -0.2) is 0 Å². The molecule has 1 saturated heterocycles. The van der Waals surface area contributed by atoms with Crippen LogP contribution in [0.15, 0.2) is 0 Å². The molecule has 0 aliphatic carbocycles. The van der Waals surface area contributed by atoms with Crippen LogP contribution >= 0.6 is 0 Å². The molecule has 0 aromatic carbocycles. The molecule has 1 heterocycles. The highest BCUT2D eigenvalue weighted by atomic mass is 16.5. The number of likely N-dealkylation sites (N-methyl/N-ethyl adjacent to an activating group) is 1. The van der Waals surface area contributed by atoms with Crippen LogP contribution in [0.5, 0.6) is 0 Å². The fraction of sp³-hybridized carbons (Fsp3) is 1.00. The Hall–Kier alpha value is -0.120. The maximum atomic E-state index is 5.62. The van der Waals surface area contributed by atoms with Gasteiger partial charge in [-0.1, -0.05) is 20.8 Å². The summed E-state index contributed by atoms with van der Waals surface area (Å²) >= 11 is 0. The largest absolute Gasteiger partial charge is 0.377 e. The Kier molecular flexibility index (Phi) is 6.45. The summed E-state index contributed by atoms with van der Waals surface area (Å²) in [5, 5.41) is 3.53. The lowest BCUT2D eigenvalue weighted by Crippen LogP contribution is -2.41. The fourth-order valence-electron chi connectivity index (χ4n) is 2.61. The van der Waals surface area contributed by atoms with Crippen molar-refractivity contribution in [1.29, 1.82) is 0 Å². The molecule has 0 aromatic heterocycles. The number of hydrogen-bond donors (Lipinski definition) is 1. The van der Waals surface area contributed by atoms with Crippen LogP contribution in [-0.2, 0) is 4.74 Å². The van der Waals surface area contributed by atoms with Gasteiger partial charge in [0.2, 0.25) is 0 Å². The lowest BCUT2D eigenvalue weighted by Gasteiger charge is -2.29. The molecule has 1 fully saturated rings. The summed E-state index contributed by atoms with van der Waals surface area (Å²) in [5.41, 5.74) is 0. The molecule has 3 unspecified atom stereocenters. The van der Waals surface area contributed by atoms with Crippen molar-refractivity contribution in [2.24, 2.45) is 11.8 Å². The van der Waals surface area contributed by atoms with E-state index in [0.717, 1.165) is 32.2 Å². The van der Waals surface area contributed by atoms with Crippen LogP contribution in [0.1, 0.15) is 34.1 Å². The van der Waals surface area contributed by atoms with E-state index in [0.29, 0.717) is 18.1 Å². The van der Waals surface area contributed by atoms with E-state index in [1.807, 2.05) is 0 Å². The van der Waals surface area contributed by atoms with Gasteiger partial charge in [0.15, 0.2) is 0 Å². The Labute approximate surface area is 107 Å². The third-order valence-corrected chi connectivity index (χ3v) is 3.55. The first-order chi connectivity index (χ1) is 8.00. The molecule has 102 valence electrons. The molecule has 1 aliphatic rings. The first kappa shape index (κ1) is 14.9. The Morgan fingerprint density at radius 3 is 2.53 bits per heavy atom. The highest BCUT2D eigenvalue weighted by Gasteiger charge is 2.28. The maximum Gasteiger partial charge on any atom is 0.0702 e. The quantitative estimate of drug-likeness (QED) is 0.739. The van der Waals surface area contributed by atoms with E-state index >= 15 is 0 Å². The predicted molar refractivity (Wildman–Crippen MR) is 73.3 cm³/mol. The first-order valence-electron chi connectivity index (χ1n) is 7.03. The summed E-state index contributed by atoms with van der Waals surface area (Å²) < 4.78 is 5.62. The Balaban J connectivity index is 2.18. The van der Waals surface area contributed by atoms with Gasteiger partial charge in [-0.3, -0.25) is 0 Å². The van der Waals surface area contributed by atoms with Gasteiger partial charge in [-0.05, 0) is 45.3 Å². The molecule has 17 heavy (non-hydrogen) atoms. The molecule has 0 bridgehead atoms. The third kappa shape index (κ3) is 5.36. The molecule has 1 N–H and O–H groups in total. The van der Waals surface area contributed by atoms with Gasteiger partial charge in [-0.15, -0.1) is 0 Å². The summed E-state index contributed by atoms with van der Waals surface area (Å²) in [5.74, 6) is 1.44. The van der Waals surface area contributed by atoms with E-state index in [9.17, 15) is 0 Å². The first-order valence-corrected chi connectivity index (χ1v) is 7.03. The highest BCUT2D eigenvalue weighted by molar-refractivity contribution is 4.81. The zero-order valence-electron chi connectivity index (χ0n) is 12.2. The number of rotatable bonds is 7. The minimum Gasteiger partial charge on any atom is -0.377 e. The standard InChI is InChI=1S/C14H30N2O/c1-11(2)8-15-9-12(3)10-16(5)14-6-7-17-13(14)4/h11-15H,6-10H2,1-5H3. The molecule has 0 radical (unpaired) electrons. The smallest absolute Gasteiger partial charge is 0.0702 e. The van der Waals surface area contributed by atoms with Crippen molar-refractivity contribution in [1.82, 2.24) is 10.2 Å². The van der Waals surface area contributed by atoms with Gasteiger partial charge in [0.25, 0.3) is 0 Å². The Morgan fingerprint density at radius 1 is 1.29 bits per heavy atom. The molecular formula is C14H30N2O. The molecule has 1 rings (SSSR count). The normalized spacial score (nSPS) is 27.0. The number of ether oxygens (including phenoxy) is 1. The van der Waals surface area contributed by atoms with Gasteiger partial charge in [0.05, 0.1) is 6.10 Å². The molecule has 0 amide bonds. The van der Waals surface area contributed by atoms with Gasteiger partial charge >= 0.3 is 0 Å². The Morgan fingerprint density at radius 2 is 2.00 bits per heavy atom. The minimum absolute atomic E-state index is 0.399. The molecule has 1 aliphatic heterocycles. The molecule has 3 nitrogen and oxygen atoms in total. The summed E-state index contributed by atoms with van der Waals surface area (Å²) in [7, 11) is 2.23. The zero-order chi connectivity index (χ0) is 12.8. The lowest BCUT2D eigenvalue weighted by molar-refractivity contribution is 0.0790. The van der Waals surface area contributed by atoms with Crippen LogP contribution in [0.2, 0.25) is 0 Å². The van der Waals surface area contributed by atoms with Crippen molar-refractivity contribution in [2.45, 2.75) is 46.3 Å². The molecule has 0 aromatic rings. The maximum absolute atomic E-state index is 5.62. The van der Waals surface area contributed by atoms with Crippen LogP contribution in [0, 0.1) is 11.8 Å². The molecular weight excluding hydrogens is 212 g/mol. The summed E-state index contributed by atoms with van der Waals surface area (Å²) in [6.45, 7) is 13.3. The van der Waals surface area contributed by atoms with Crippen molar-refractivity contribution in [3.8, 4) is 0 Å². The topological polar surface area (TPSA) is 24.5 Å². The molecule has 0 spiro atoms. The lowest BCUT2D eigenvalue weighted by atomic mass is 10.1. The summed E-state index contributed by atoms with van der Waals surface area (Å²) in [6.07, 6.45) is 1.58. The van der Waals surface area contributed by atoms with Crippen LogP contribution in [0.4, 0.5) is 0 Å². The Bertz CT molecular complexity index is 208. The van der Waals surface area contributed by atoms with Crippen molar-refractivity contribution >= 4 is 0 Å². The number of hydrogen-bond acceptors (Lipinski definition) is 3.